The minimum Gasteiger partial charge on any atom is -0.380 e. The molecule has 1 aliphatic rings. The zero-order chi connectivity index (χ0) is 9.52. The molecule has 2 nitrogen and oxygen atoms in total. The van der Waals surface area contributed by atoms with Crippen LogP contribution in [-0.2, 0) is 4.74 Å². The third kappa shape index (κ3) is 4.63. The van der Waals surface area contributed by atoms with Crippen LogP contribution < -0.4 is 5.73 Å². The van der Waals surface area contributed by atoms with Crippen LogP contribution in [-0.4, -0.2) is 19.3 Å². The molecule has 0 bridgehead atoms. The van der Waals surface area contributed by atoms with Crippen molar-refractivity contribution in [1.29, 1.82) is 0 Å². The molecule has 1 saturated carbocycles. The lowest BCUT2D eigenvalue weighted by Gasteiger charge is -2.25. The summed E-state index contributed by atoms with van der Waals surface area (Å²) in [6.45, 7) is 3.83. The summed E-state index contributed by atoms with van der Waals surface area (Å²) in [4.78, 5) is 0. The van der Waals surface area contributed by atoms with Crippen molar-refractivity contribution in [3.05, 3.63) is 0 Å². The van der Waals surface area contributed by atoms with E-state index in [1.165, 1.54) is 25.7 Å². The first-order chi connectivity index (χ1) is 6.33. The fraction of sp³-hybridized carbons (Fsp3) is 1.00. The molecule has 0 heterocycles. The van der Waals surface area contributed by atoms with Crippen LogP contribution in [0.1, 0.15) is 45.4 Å². The molecular formula is C11H23NO. The van der Waals surface area contributed by atoms with Crippen molar-refractivity contribution >= 4 is 0 Å². The highest BCUT2D eigenvalue weighted by atomic mass is 16.5. The summed E-state index contributed by atoms with van der Waals surface area (Å²) in [6.07, 6.45) is 7.77. The van der Waals surface area contributed by atoms with Gasteiger partial charge in [-0.1, -0.05) is 32.6 Å². The van der Waals surface area contributed by atoms with E-state index in [9.17, 15) is 0 Å². The average molecular weight is 185 g/mol. The van der Waals surface area contributed by atoms with Crippen molar-refractivity contribution in [2.24, 2.45) is 11.7 Å². The van der Waals surface area contributed by atoms with Gasteiger partial charge in [-0.15, -0.1) is 0 Å². The molecular weight excluding hydrogens is 162 g/mol. The van der Waals surface area contributed by atoms with Crippen molar-refractivity contribution in [2.75, 3.05) is 13.2 Å². The Bertz CT molecular complexity index is 123. The van der Waals surface area contributed by atoms with Crippen molar-refractivity contribution < 1.29 is 4.74 Å². The van der Waals surface area contributed by atoms with E-state index >= 15 is 0 Å². The van der Waals surface area contributed by atoms with Crippen LogP contribution in [0.5, 0.6) is 0 Å². The van der Waals surface area contributed by atoms with Crippen LogP contribution in [0.15, 0.2) is 0 Å². The Labute approximate surface area is 81.8 Å². The standard InChI is InChI=1S/C11H23NO/c1-2-4-11(12)9-13-8-7-10-5-3-6-10/h10-11H,2-9,12H2,1H3. The van der Waals surface area contributed by atoms with Crippen LogP contribution in [0, 0.1) is 5.92 Å². The lowest BCUT2D eigenvalue weighted by molar-refractivity contribution is 0.0945. The predicted octanol–water partition coefficient (Wildman–Crippen LogP) is 2.32. The molecule has 78 valence electrons. The normalized spacial score (nSPS) is 19.8. The van der Waals surface area contributed by atoms with Crippen molar-refractivity contribution in [3.63, 3.8) is 0 Å². The van der Waals surface area contributed by atoms with E-state index in [-0.39, 0.29) is 6.04 Å². The first-order valence-electron chi connectivity index (χ1n) is 5.66. The number of nitrogens with two attached hydrogens (primary N) is 1. The van der Waals surface area contributed by atoms with Gasteiger partial charge in [-0.25, -0.2) is 0 Å². The number of rotatable bonds is 7. The maximum absolute atomic E-state index is 5.82. The van der Waals surface area contributed by atoms with Crippen LogP contribution in [0.25, 0.3) is 0 Å². The quantitative estimate of drug-likeness (QED) is 0.618. The van der Waals surface area contributed by atoms with Crippen molar-refractivity contribution in [3.8, 4) is 0 Å². The molecule has 1 fully saturated rings. The monoisotopic (exact) mass is 185 g/mol. The third-order valence-corrected chi connectivity index (χ3v) is 2.89. The average Bonchev–Trinajstić information content (AvgIpc) is 2.01. The third-order valence-electron chi connectivity index (χ3n) is 2.89. The van der Waals surface area contributed by atoms with E-state index in [0.29, 0.717) is 0 Å². The number of ether oxygens (including phenoxy) is 1. The van der Waals surface area contributed by atoms with Gasteiger partial charge in [0.15, 0.2) is 0 Å². The van der Waals surface area contributed by atoms with Crippen LogP contribution >= 0.6 is 0 Å². The summed E-state index contributed by atoms with van der Waals surface area (Å²) in [5, 5.41) is 0. The Morgan fingerprint density at radius 1 is 1.46 bits per heavy atom. The molecule has 2 heteroatoms. The first-order valence-corrected chi connectivity index (χ1v) is 5.66. The highest BCUT2D eigenvalue weighted by Crippen LogP contribution is 2.29. The van der Waals surface area contributed by atoms with E-state index in [0.717, 1.165) is 32.0 Å². The summed E-state index contributed by atoms with van der Waals surface area (Å²) in [6, 6.07) is 0.256. The van der Waals surface area contributed by atoms with E-state index in [1.54, 1.807) is 0 Å². The molecule has 0 saturated heterocycles. The lowest BCUT2D eigenvalue weighted by atomic mass is 9.83. The SMILES string of the molecule is CCCC(N)COCCC1CCC1. The number of hydrogen-bond donors (Lipinski definition) is 1. The molecule has 0 amide bonds. The topological polar surface area (TPSA) is 35.2 Å². The Hall–Kier alpha value is -0.0800. The zero-order valence-corrected chi connectivity index (χ0v) is 8.80. The van der Waals surface area contributed by atoms with Crippen molar-refractivity contribution in [2.45, 2.75) is 51.5 Å². The molecule has 0 spiro atoms. The van der Waals surface area contributed by atoms with Gasteiger partial charge in [-0.05, 0) is 18.8 Å². The largest absolute Gasteiger partial charge is 0.380 e. The number of hydrogen-bond acceptors (Lipinski definition) is 2. The first kappa shape index (κ1) is 11.0. The molecule has 0 aromatic rings. The van der Waals surface area contributed by atoms with Gasteiger partial charge in [0.05, 0.1) is 6.61 Å². The summed E-state index contributed by atoms with van der Waals surface area (Å²) in [5.74, 6) is 0.961. The molecule has 1 aliphatic carbocycles. The van der Waals surface area contributed by atoms with Gasteiger partial charge in [0.1, 0.15) is 0 Å². The van der Waals surface area contributed by atoms with Crippen LogP contribution in [0.4, 0.5) is 0 Å². The second-order valence-electron chi connectivity index (χ2n) is 4.21. The molecule has 0 aliphatic heterocycles. The maximum Gasteiger partial charge on any atom is 0.0617 e. The zero-order valence-electron chi connectivity index (χ0n) is 8.80. The second-order valence-corrected chi connectivity index (χ2v) is 4.21. The Balaban J connectivity index is 1.82. The summed E-state index contributed by atoms with van der Waals surface area (Å²) in [5.41, 5.74) is 5.82. The smallest absolute Gasteiger partial charge is 0.0617 e. The van der Waals surface area contributed by atoms with Gasteiger partial charge >= 0.3 is 0 Å². The van der Waals surface area contributed by atoms with Gasteiger partial charge in [0.2, 0.25) is 0 Å². The second kappa shape index (κ2) is 6.39. The molecule has 0 radical (unpaired) electrons. The fourth-order valence-electron chi connectivity index (χ4n) is 1.72. The van der Waals surface area contributed by atoms with Crippen LogP contribution in [0.2, 0.25) is 0 Å². The van der Waals surface area contributed by atoms with Gasteiger partial charge in [0, 0.05) is 12.6 Å². The van der Waals surface area contributed by atoms with Gasteiger partial charge < -0.3 is 10.5 Å². The molecule has 0 aromatic carbocycles. The minimum absolute atomic E-state index is 0.256. The molecule has 13 heavy (non-hydrogen) atoms. The lowest BCUT2D eigenvalue weighted by Crippen LogP contribution is -2.26. The Morgan fingerprint density at radius 3 is 2.77 bits per heavy atom. The Morgan fingerprint density at radius 2 is 2.23 bits per heavy atom. The summed E-state index contributed by atoms with van der Waals surface area (Å²) >= 11 is 0. The molecule has 1 unspecified atom stereocenters. The summed E-state index contributed by atoms with van der Waals surface area (Å²) in [7, 11) is 0. The van der Waals surface area contributed by atoms with Crippen molar-refractivity contribution in [1.82, 2.24) is 0 Å². The van der Waals surface area contributed by atoms with E-state index in [4.69, 9.17) is 10.5 Å². The molecule has 1 atom stereocenters. The van der Waals surface area contributed by atoms with E-state index in [1.807, 2.05) is 0 Å². The highest BCUT2D eigenvalue weighted by Gasteiger charge is 2.16. The van der Waals surface area contributed by atoms with Gasteiger partial charge in [-0.2, -0.15) is 0 Å². The Kier molecular flexibility index (Phi) is 5.40. The summed E-state index contributed by atoms with van der Waals surface area (Å²) < 4.78 is 5.53. The van der Waals surface area contributed by atoms with Gasteiger partial charge in [-0.3, -0.25) is 0 Å². The fourth-order valence-corrected chi connectivity index (χ4v) is 1.72. The molecule has 1 rings (SSSR count). The van der Waals surface area contributed by atoms with E-state index < -0.39 is 0 Å². The maximum atomic E-state index is 5.82. The molecule has 2 N–H and O–H groups in total. The highest BCUT2D eigenvalue weighted by molar-refractivity contribution is 4.69. The van der Waals surface area contributed by atoms with E-state index in [2.05, 4.69) is 6.92 Å². The van der Waals surface area contributed by atoms with Gasteiger partial charge in [0.25, 0.3) is 0 Å². The van der Waals surface area contributed by atoms with Crippen LogP contribution in [0.3, 0.4) is 0 Å². The predicted molar refractivity (Wildman–Crippen MR) is 55.7 cm³/mol. The molecule has 0 aromatic heterocycles. The minimum atomic E-state index is 0.256.